The first-order valence-corrected chi connectivity index (χ1v) is 5.64. The standard InChI is InChI=1S/C7H7ClF2N2O2S/c1-3-6(8)5(15(11,13)14)2-4(12-3)7(9)10/h2,7H,1H3,(H2,11,13,14). The highest BCUT2D eigenvalue weighted by molar-refractivity contribution is 7.89. The molecule has 0 spiro atoms. The lowest BCUT2D eigenvalue weighted by Gasteiger charge is -2.07. The van der Waals surface area contributed by atoms with Crippen molar-refractivity contribution in [2.24, 2.45) is 5.14 Å². The van der Waals surface area contributed by atoms with Crippen molar-refractivity contribution in [2.45, 2.75) is 18.2 Å². The molecule has 0 radical (unpaired) electrons. The number of pyridine rings is 1. The van der Waals surface area contributed by atoms with Gasteiger partial charge in [0.2, 0.25) is 10.0 Å². The van der Waals surface area contributed by atoms with Crippen molar-refractivity contribution >= 4 is 21.6 Å². The summed E-state index contributed by atoms with van der Waals surface area (Å²) in [5.41, 5.74) is -0.667. The number of aryl methyl sites for hydroxylation is 1. The smallest absolute Gasteiger partial charge is 0.251 e. The van der Waals surface area contributed by atoms with Gasteiger partial charge in [0.1, 0.15) is 10.6 Å². The lowest BCUT2D eigenvalue weighted by molar-refractivity contribution is 0.145. The van der Waals surface area contributed by atoms with Crippen LogP contribution in [0.5, 0.6) is 0 Å². The summed E-state index contributed by atoms with van der Waals surface area (Å²) in [5, 5.41) is 4.58. The Morgan fingerprint density at radius 3 is 2.47 bits per heavy atom. The first-order chi connectivity index (χ1) is 6.73. The molecule has 1 aromatic heterocycles. The minimum Gasteiger partial charge on any atom is -0.251 e. The minimum absolute atomic E-state index is 0.00140. The molecular formula is C7H7ClF2N2O2S. The van der Waals surface area contributed by atoms with Crippen molar-refractivity contribution in [3.05, 3.63) is 22.5 Å². The van der Waals surface area contributed by atoms with Gasteiger partial charge >= 0.3 is 0 Å². The number of aromatic nitrogens is 1. The second-order valence-electron chi connectivity index (χ2n) is 2.79. The highest BCUT2D eigenvalue weighted by Crippen LogP contribution is 2.27. The third kappa shape index (κ3) is 2.61. The molecule has 84 valence electrons. The second-order valence-corrected chi connectivity index (χ2v) is 4.70. The van der Waals surface area contributed by atoms with Crippen LogP contribution in [0.3, 0.4) is 0 Å². The SMILES string of the molecule is Cc1nc(C(F)F)cc(S(N)(=O)=O)c1Cl. The molecule has 4 nitrogen and oxygen atoms in total. The van der Waals surface area contributed by atoms with Crippen LogP contribution in [0.15, 0.2) is 11.0 Å². The van der Waals surface area contributed by atoms with Crippen LogP contribution in [0, 0.1) is 6.92 Å². The van der Waals surface area contributed by atoms with Crippen LogP contribution in [0.25, 0.3) is 0 Å². The van der Waals surface area contributed by atoms with Gasteiger partial charge in [0.05, 0.1) is 10.7 Å². The van der Waals surface area contributed by atoms with E-state index in [1.54, 1.807) is 0 Å². The fourth-order valence-electron chi connectivity index (χ4n) is 0.970. The van der Waals surface area contributed by atoms with E-state index in [0.29, 0.717) is 6.07 Å². The zero-order valence-corrected chi connectivity index (χ0v) is 9.11. The Morgan fingerprint density at radius 1 is 1.53 bits per heavy atom. The van der Waals surface area contributed by atoms with Gasteiger partial charge in [-0.05, 0) is 13.0 Å². The molecule has 0 aliphatic rings. The Balaban J connectivity index is 3.52. The van der Waals surface area contributed by atoms with Crippen LogP contribution in [-0.4, -0.2) is 13.4 Å². The summed E-state index contributed by atoms with van der Waals surface area (Å²) in [6.07, 6.45) is -2.87. The molecule has 0 saturated heterocycles. The molecule has 0 amide bonds. The quantitative estimate of drug-likeness (QED) is 0.874. The molecule has 1 rings (SSSR count). The lowest BCUT2D eigenvalue weighted by atomic mass is 10.3. The number of halogens is 3. The number of hydrogen-bond acceptors (Lipinski definition) is 3. The highest BCUT2D eigenvalue weighted by Gasteiger charge is 2.20. The van der Waals surface area contributed by atoms with Crippen molar-refractivity contribution in [2.75, 3.05) is 0 Å². The van der Waals surface area contributed by atoms with E-state index in [2.05, 4.69) is 4.98 Å². The second kappa shape index (κ2) is 3.99. The van der Waals surface area contributed by atoms with E-state index in [9.17, 15) is 17.2 Å². The van der Waals surface area contributed by atoms with E-state index in [4.69, 9.17) is 16.7 Å². The lowest BCUT2D eigenvalue weighted by Crippen LogP contribution is -2.14. The maximum atomic E-state index is 12.3. The molecule has 0 bridgehead atoms. The van der Waals surface area contributed by atoms with E-state index in [0.717, 1.165) is 0 Å². The van der Waals surface area contributed by atoms with Gasteiger partial charge in [-0.2, -0.15) is 0 Å². The van der Waals surface area contributed by atoms with Crippen molar-refractivity contribution in [1.82, 2.24) is 4.98 Å². The number of sulfonamides is 1. The summed E-state index contributed by atoms with van der Waals surface area (Å²) in [6.45, 7) is 1.32. The minimum atomic E-state index is -4.12. The fraction of sp³-hybridized carbons (Fsp3) is 0.286. The van der Waals surface area contributed by atoms with Gasteiger partial charge in [-0.1, -0.05) is 11.6 Å². The van der Waals surface area contributed by atoms with Gasteiger partial charge in [-0.15, -0.1) is 0 Å². The van der Waals surface area contributed by atoms with Crippen LogP contribution in [-0.2, 0) is 10.0 Å². The zero-order valence-electron chi connectivity index (χ0n) is 7.54. The average molecular weight is 257 g/mol. The Bertz CT molecular complexity index is 490. The molecule has 0 aliphatic heterocycles. The summed E-state index contributed by atoms with van der Waals surface area (Å²) >= 11 is 5.59. The summed E-state index contributed by atoms with van der Waals surface area (Å²) < 4.78 is 46.6. The van der Waals surface area contributed by atoms with Crippen LogP contribution in [0.1, 0.15) is 17.8 Å². The maximum absolute atomic E-state index is 12.3. The van der Waals surface area contributed by atoms with Gasteiger partial charge in [0.25, 0.3) is 6.43 Å². The number of nitrogens with zero attached hydrogens (tertiary/aromatic N) is 1. The maximum Gasteiger partial charge on any atom is 0.280 e. The first kappa shape index (κ1) is 12.3. The Morgan fingerprint density at radius 2 is 2.07 bits per heavy atom. The van der Waals surface area contributed by atoms with Crippen LogP contribution < -0.4 is 5.14 Å². The molecule has 1 aromatic rings. The topological polar surface area (TPSA) is 73.0 Å². The summed E-state index contributed by atoms with van der Waals surface area (Å²) in [5.74, 6) is 0. The van der Waals surface area contributed by atoms with Crippen molar-refractivity contribution in [3.63, 3.8) is 0 Å². The Hall–Kier alpha value is -0.790. The van der Waals surface area contributed by atoms with Crippen LogP contribution >= 0.6 is 11.6 Å². The molecule has 1 heterocycles. The predicted octanol–water partition coefficient (Wildman–Crippen LogP) is 1.63. The van der Waals surface area contributed by atoms with Crippen LogP contribution in [0.2, 0.25) is 5.02 Å². The number of rotatable bonds is 2. The molecular weight excluding hydrogens is 250 g/mol. The average Bonchev–Trinajstić information content (AvgIpc) is 2.06. The number of primary sulfonamides is 1. The van der Waals surface area contributed by atoms with Crippen molar-refractivity contribution in [1.29, 1.82) is 0 Å². The Labute approximate surface area is 90.1 Å². The third-order valence-electron chi connectivity index (χ3n) is 1.64. The number of nitrogens with two attached hydrogens (primary N) is 1. The summed E-state index contributed by atoms with van der Waals surface area (Å²) in [7, 11) is -4.12. The summed E-state index contributed by atoms with van der Waals surface area (Å²) in [4.78, 5) is 2.91. The normalized spacial score (nSPS) is 12.1. The summed E-state index contributed by atoms with van der Waals surface area (Å²) in [6, 6.07) is 0.676. The van der Waals surface area contributed by atoms with Gasteiger partial charge in [-0.25, -0.2) is 22.3 Å². The van der Waals surface area contributed by atoms with E-state index in [-0.39, 0.29) is 10.7 Å². The highest BCUT2D eigenvalue weighted by atomic mass is 35.5. The molecule has 0 aromatic carbocycles. The third-order valence-corrected chi connectivity index (χ3v) is 3.16. The molecule has 0 unspecified atom stereocenters. The number of hydrogen-bond donors (Lipinski definition) is 1. The molecule has 0 saturated carbocycles. The molecule has 8 heteroatoms. The van der Waals surface area contributed by atoms with E-state index in [1.165, 1.54) is 6.92 Å². The molecule has 2 N–H and O–H groups in total. The fourth-order valence-corrected chi connectivity index (χ4v) is 2.07. The zero-order chi connectivity index (χ0) is 11.8. The molecule has 0 fully saturated rings. The van der Waals surface area contributed by atoms with E-state index >= 15 is 0 Å². The Kier molecular flexibility index (Phi) is 3.27. The molecule has 0 atom stereocenters. The van der Waals surface area contributed by atoms with Crippen molar-refractivity contribution < 1.29 is 17.2 Å². The van der Waals surface area contributed by atoms with Gasteiger partial charge in [0.15, 0.2) is 0 Å². The predicted molar refractivity (Wildman–Crippen MR) is 50.3 cm³/mol. The molecule has 0 aliphatic carbocycles. The van der Waals surface area contributed by atoms with Crippen LogP contribution in [0.4, 0.5) is 8.78 Å². The van der Waals surface area contributed by atoms with E-state index < -0.39 is 27.0 Å². The first-order valence-electron chi connectivity index (χ1n) is 3.71. The molecule has 15 heavy (non-hydrogen) atoms. The van der Waals surface area contributed by atoms with Crippen molar-refractivity contribution in [3.8, 4) is 0 Å². The van der Waals surface area contributed by atoms with E-state index in [1.807, 2.05) is 0 Å². The van der Waals surface area contributed by atoms with Gasteiger partial charge in [-0.3, -0.25) is 4.98 Å². The largest absolute Gasteiger partial charge is 0.280 e. The van der Waals surface area contributed by atoms with Gasteiger partial charge in [0, 0.05) is 0 Å². The monoisotopic (exact) mass is 256 g/mol. The number of alkyl halides is 2. The van der Waals surface area contributed by atoms with Gasteiger partial charge < -0.3 is 0 Å².